The van der Waals surface area contributed by atoms with Gasteiger partial charge in [-0.3, -0.25) is 9.89 Å². The molecule has 1 N–H and O–H groups in total. The van der Waals surface area contributed by atoms with Crippen LogP contribution in [0.1, 0.15) is 49.4 Å². The molecule has 3 rings (SSSR count). The van der Waals surface area contributed by atoms with Gasteiger partial charge in [-0.1, -0.05) is 19.3 Å². The van der Waals surface area contributed by atoms with Crippen LogP contribution in [-0.2, 0) is 6.54 Å². The second-order valence-corrected chi connectivity index (χ2v) is 5.42. The molecule has 1 saturated carbocycles. The Morgan fingerprint density at radius 3 is 2.84 bits per heavy atom. The van der Waals surface area contributed by atoms with Crippen molar-refractivity contribution in [2.75, 3.05) is 0 Å². The molecule has 1 fully saturated rings. The molecule has 5 nitrogen and oxygen atoms in total. The van der Waals surface area contributed by atoms with E-state index < -0.39 is 0 Å². The van der Waals surface area contributed by atoms with Gasteiger partial charge in [-0.05, 0) is 19.8 Å². The van der Waals surface area contributed by atoms with Crippen LogP contribution in [0.5, 0.6) is 0 Å². The number of H-pyrrole nitrogens is 1. The quantitative estimate of drug-likeness (QED) is 0.920. The maximum atomic E-state index is 12.3. The summed E-state index contributed by atoms with van der Waals surface area (Å²) in [4.78, 5) is 16.4. The first-order chi connectivity index (χ1) is 9.25. The first kappa shape index (κ1) is 12.3. The molecule has 0 atom stereocenters. The molecule has 5 heteroatoms. The van der Waals surface area contributed by atoms with E-state index >= 15 is 0 Å². The highest BCUT2D eigenvalue weighted by Crippen LogP contribution is 2.26. The zero-order valence-electron chi connectivity index (χ0n) is 11.3. The van der Waals surface area contributed by atoms with Crippen LogP contribution in [0.25, 0.3) is 0 Å². The minimum Gasteiger partial charge on any atom is -0.332 e. The molecule has 0 saturated heterocycles. The molecule has 0 aromatic carbocycles. The molecule has 0 bridgehead atoms. The summed E-state index contributed by atoms with van der Waals surface area (Å²) in [6.07, 6.45) is 11.4. The van der Waals surface area contributed by atoms with Crippen LogP contribution < -0.4 is 5.56 Å². The van der Waals surface area contributed by atoms with Crippen molar-refractivity contribution in [3.05, 3.63) is 40.3 Å². The van der Waals surface area contributed by atoms with Crippen LogP contribution in [0, 0.1) is 6.92 Å². The van der Waals surface area contributed by atoms with Crippen LogP contribution in [0.3, 0.4) is 0 Å². The number of aromatic amines is 1. The molecule has 2 aromatic rings. The summed E-state index contributed by atoms with van der Waals surface area (Å²) >= 11 is 0. The van der Waals surface area contributed by atoms with Gasteiger partial charge in [-0.15, -0.1) is 0 Å². The lowest BCUT2D eigenvalue weighted by molar-refractivity contribution is 0.321. The number of hydrogen-bond acceptors (Lipinski definition) is 2. The Morgan fingerprint density at radius 1 is 1.37 bits per heavy atom. The zero-order chi connectivity index (χ0) is 13.2. The maximum absolute atomic E-state index is 12.3. The van der Waals surface area contributed by atoms with Crippen LogP contribution in [0.2, 0.25) is 0 Å². The van der Waals surface area contributed by atoms with E-state index in [4.69, 9.17) is 0 Å². The van der Waals surface area contributed by atoms with Crippen molar-refractivity contribution in [1.82, 2.24) is 19.3 Å². The van der Waals surface area contributed by atoms with Gasteiger partial charge >= 0.3 is 0 Å². The summed E-state index contributed by atoms with van der Waals surface area (Å²) in [5, 5.41) is 3.31. The van der Waals surface area contributed by atoms with E-state index in [1.54, 1.807) is 12.5 Å². The monoisotopic (exact) mass is 260 g/mol. The highest BCUT2D eigenvalue weighted by molar-refractivity contribution is 5.16. The third kappa shape index (κ3) is 2.37. The third-order valence-corrected chi connectivity index (χ3v) is 4.09. The van der Waals surface area contributed by atoms with Crippen LogP contribution in [0.4, 0.5) is 0 Å². The van der Waals surface area contributed by atoms with Crippen molar-refractivity contribution >= 4 is 0 Å². The van der Waals surface area contributed by atoms with Gasteiger partial charge in [0.2, 0.25) is 0 Å². The largest absolute Gasteiger partial charge is 0.332 e. The topological polar surface area (TPSA) is 55.6 Å². The minimum absolute atomic E-state index is 0.141. The van der Waals surface area contributed by atoms with E-state index in [9.17, 15) is 4.79 Å². The standard InChI is InChI=1S/C14H20N4O/c1-11-13(9-17-8-7-15-10-17)16-18(14(11)19)12-5-3-2-4-6-12/h7-8,10,12,16H,2-6,9H2,1H3. The van der Waals surface area contributed by atoms with Crippen molar-refractivity contribution in [2.24, 2.45) is 0 Å². The highest BCUT2D eigenvalue weighted by atomic mass is 16.1. The molecular formula is C14H20N4O. The van der Waals surface area contributed by atoms with Crippen molar-refractivity contribution in [3.63, 3.8) is 0 Å². The number of aromatic nitrogens is 4. The van der Waals surface area contributed by atoms with Gasteiger partial charge in [0, 0.05) is 18.0 Å². The lowest BCUT2D eigenvalue weighted by Gasteiger charge is -2.22. The molecule has 0 spiro atoms. The molecule has 0 aliphatic heterocycles. The van der Waals surface area contributed by atoms with Gasteiger partial charge in [0.05, 0.1) is 24.6 Å². The minimum atomic E-state index is 0.141. The smallest absolute Gasteiger partial charge is 0.269 e. The fourth-order valence-electron chi connectivity index (χ4n) is 2.90. The summed E-state index contributed by atoms with van der Waals surface area (Å²) in [7, 11) is 0. The summed E-state index contributed by atoms with van der Waals surface area (Å²) < 4.78 is 3.82. The molecule has 0 amide bonds. The summed E-state index contributed by atoms with van der Waals surface area (Å²) in [6.45, 7) is 2.59. The number of nitrogens with zero attached hydrogens (tertiary/aromatic N) is 3. The lowest BCUT2D eigenvalue weighted by Crippen LogP contribution is -2.25. The van der Waals surface area contributed by atoms with E-state index in [-0.39, 0.29) is 5.56 Å². The second kappa shape index (κ2) is 5.07. The van der Waals surface area contributed by atoms with E-state index in [0.717, 1.165) is 24.1 Å². The van der Waals surface area contributed by atoms with Gasteiger partial charge in [0.15, 0.2) is 0 Å². The lowest BCUT2D eigenvalue weighted by atomic mass is 9.96. The van der Waals surface area contributed by atoms with Crippen LogP contribution in [0.15, 0.2) is 23.5 Å². The fourth-order valence-corrected chi connectivity index (χ4v) is 2.90. The fraction of sp³-hybridized carbons (Fsp3) is 0.571. The van der Waals surface area contributed by atoms with E-state index in [1.165, 1.54) is 19.3 Å². The van der Waals surface area contributed by atoms with E-state index in [1.807, 2.05) is 22.4 Å². The highest BCUT2D eigenvalue weighted by Gasteiger charge is 2.20. The zero-order valence-corrected chi connectivity index (χ0v) is 11.3. The second-order valence-electron chi connectivity index (χ2n) is 5.42. The van der Waals surface area contributed by atoms with E-state index in [0.29, 0.717) is 12.6 Å². The van der Waals surface area contributed by atoms with Crippen molar-refractivity contribution < 1.29 is 0 Å². The molecule has 19 heavy (non-hydrogen) atoms. The molecule has 1 aliphatic carbocycles. The third-order valence-electron chi connectivity index (χ3n) is 4.09. The van der Waals surface area contributed by atoms with Gasteiger partial charge in [0.25, 0.3) is 5.56 Å². The van der Waals surface area contributed by atoms with Crippen LogP contribution >= 0.6 is 0 Å². The maximum Gasteiger partial charge on any atom is 0.269 e. The van der Waals surface area contributed by atoms with Crippen molar-refractivity contribution in [1.29, 1.82) is 0 Å². The first-order valence-electron chi connectivity index (χ1n) is 7.01. The molecule has 102 valence electrons. The van der Waals surface area contributed by atoms with E-state index in [2.05, 4.69) is 10.1 Å². The Hall–Kier alpha value is -1.78. The SMILES string of the molecule is Cc1c(Cn2ccnc2)[nH]n(C2CCCCC2)c1=O. The number of nitrogens with one attached hydrogen (secondary N) is 1. The van der Waals surface area contributed by atoms with Gasteiger partial charge in [-0.2, -0.15) is 0 Å². The normalized spacial score (nSPS) is 16.9. The summed E-state index contributed by atoms with van der Waals surface area (Å²) in [6, 6.07) is 0.358. The molecule has 2 aromatic heterocycles. The average molecular weight is 260 g/mol. The predicted molar refractivity (Wildman–Crippen MR) is 73.2 cm³/mol. The number of rotatable bonds is 3. The molecular weight excluding hydrogens is 240 g/mol. The van der Waals surface area contributed by atoms with Crippen molar-refractivity contribution in [3.8, 4) is 0 Å². The summed E-state index contributed by atoms with van der Waals surface area (Å²) in [5.74, 6) is 0. The molecule has 0 unspecified atom stereocenters. The number of imidazole rings is 1. The number of hydrogen-bond donors (Lipinski definition) is 1. The molecule has 0 radical (unpaired) electrons. The Morgan fingerprint density at radius 2 is 2.16 bits per heavy atom. The molecule has 1 aliphatic rings. The average Bonchev–Trinajstić information content (AvgIpc) is 3.04. The predicted octanol–water partition coefficient (Wildman–Crippen LogP) is 2.23. The summed E-state index contributed by atoms with van der Waals surface area (Å²) in [5.41, 5.74) is 1.97. The first-order valence-corrected chi connectivity index (χ1v) is 7.01. The van der Waals surface area contributed by atoms with Crippen LogP contribution in [-0.4, -0.2) is 19.3 Å². The van der Waals surface area contributed by atoms with Crippen molar-refractivity contribution in [2.45, 2.75) is 51.6 Å². The Balaban J connectivity index is 1.88. The van der Waals surface area contributed by atoms with Gasteiger partial charge < -0.3 is 4.57 Å². The Labute approximate surface area is 112 Å². The Bertz CT molecular complexity index is 587. The van der Waals surface area contributed by atoms with Gasteiger partial charge in [-0.25, -0.2) is 9.67 Å². The molecule has 2 heterocycles. The Kier molecular flexibility index (Phi) is 3.27. The van der Waals surface area contributed by atoms with Gasteiger partial charge in [0.1, 0.15) is 0 Å².